The minimum atomic E-state index is -0.249. The SMILES string of the molecule is C=Cc1ccc(C2=NN(C(=O)c3cc(OC)c(C)c(OC)c3)C(c3ccc(C)cc3)C2)cc1OC. The number of hydrazone groups is 1. The van der Waals surface area contributed by atoms with Gasteiger partial charge in [-0.15, -0.1) is 0 Å². The maximum absolute atomic E-state index is 13.8. The lowest BCUT2D eigenvalue weighted by Crippen LogP contribution is -2.27. The van der Waals surface area contributed by atoms with Crippen LogP contribution in [-0.4, -0.2) is 38.0 Å². The Bertz CT molecular complexity index is 1270. The van der Waals surface area contributed by atoms with Crippen molar-refractivity contribution in [2.45, 2.75) is 26.3 Å². The summed E-state index contributed by atoms with van der Waals surface area (Å²) in [4.78, 5) is 13.8. The van der Waals surface area contributed by atoms with Gasteiger partial charge in [0.2, 0.25) is 0 Å². The molecule has 1 unspecified atom stereocenters. The minimum Gasteiger partial charge on any atom is -0.496 e. The Morgan fingerprint density at radius 1 is 0.943 bits per heavy atom. The Balaban J connectivity index is 1.79. The number of rotatable bonds is 7. The average Bonchev–Trinajstić information content (AvgIpc) is 3.33. The zero-order valence-electron chi connectivity index (χ0n) is 20.8. The Morgan fingerprint density at radius 2 is 1.57 bits per heavy atom. The van der Waals surface area contributed by atoms with Gasteiger partial charge in [-0.2, -0.15) is 5.10 Å². The molecule has 6 heteroatoms. The normalized spacial score (nSPS) is 14.9. The van der Waals surface area contributed by atoms with Gasteiger partial charge in [0.15, 0.2) is 0 Å². The average molecular weight is 471 g/mol. The van der Waals surface area contributed by atoms with Gasteiger partial charge in [-0.3, -0.25) is 4.79 Å². The fourth-order valence-corrected chi connectivity index (χ4v) is 4.32. The molecule has 3 aromatic carbocycles. The van der Waals surface area contributed by atoms with E-state index in [9.17, 15) is 4.79 Å². The Hall–Kier alpha value is -4.06. The highest BCUT2D eigenvalue weighted by atomic mass is 16.5. The van der Waals surface area contributed by atoms with E-state index in [-0.39, 0.29) is 11.9 Å². The van der Waals surface area contributed by atoms with Crippen molar-refractivity contribution < 1.29 is 19.0 Å². The van der Waals surface area contributed by atoms with Crippen LogP contribution in [-0.2, 0) is 0 Å². The summed E-state index contributed by atoms with van der Waals surface area (Å²) in [7, 11) is 4.79. The van der Waals surface area contributed by atoms with E-state index in [2.05, 4.69) is 30.8 Å². The first-order valence-corrected chi connectivity index (χ1v) is 11.4. The summed E-state index contributed by atoms with van der Waals surface area (Å²) < 4.78 is 16.5. The number of ether oxygens (including phenoxy) is 3. The van der Waals surface area contributed by atoms with E-state index >= 15 is 0 Å². The third-order valence-corrected chi connectivity index (χ3v) is 6.37. The third kappa shape index (κ3) is 4.64. The summed E-state index contributed by atoms with van der Waals surface area (Å²) in [6, 6.07) is 17.3. The van der Waals surface area contributed by atoms with E-state index in [0.717, 1.165) is 33.5 Å². The van der Waals surface area contributed by atoms with Crippen LogP contribution >= 0.6 is 0 Å². The number of hydrogen-bond acceptors (Lipinski definition) is 5. The second-order valence-electron chi connectivity index (χ2n) is 8.49. The predicted octanol–water partition coefficient (Wildman–Crippen LogP) is 5.96. The van der Waals surface area contributed by atoms with Gasteiger partial charge in [0.1, 0.15) is 17.2 Å². The molecular weight excluding hydrogens is 440 g/mol. The fraction of sp³-hybridized carbons (Fsp3) is 0.241. The van der Waals surface area contributed by atoms with Crippen molar-refractivity contribution in [2.24, 2.45) is 5.10 Å². The smallest absolute Gasteiger partial charge is 0.274 e. The first-order chi connectivity index (χ1) is 16.9. The molecule has 0 saturated carbocycles. The number of carbonyl (C=O) groups excluding carboxylic acids is 1. The summed E-state index contributed by atoms with van der Waals surface area (Å²) in [6.07, 6.45) is 2.33. The van der Waals surface area contributed by atoms with Crippen molar-refractivity contribution in [3.63, 3.8) is 0 Å². The van der Waals surface area contributed by atoms with Crippen LogP contribution in [0.15, 0.2) is 66.3 Å². The van der Waals surface area contributed by atoms with Crippen LogP contribution < -0.4 is 14.2 Å². The monoisotopic (exact) mass is 470 g/mol. The number of hydrogen-bond donors (Lipinski definition) is 0. The molecule has 3 aromatic rings. The molecule has 1 aliphatic rings. The molecule has 0 fully saturated rings. The Labute approximate surface area is 206 Å². The molecule has 180 valence electrons. The van der Waals surface area contributed by atoms with Crippen molar-refractivity contribution in [1.29, 1.82) is 0 Å². The highest BCUT2D eigenvalue weighted by Gasteiger charge is 2.34. The van der Waals surface area contributed by atoms with Gasteiger partial charge in [-0.1, -0.05) is 54.6 Å². The summed E-state index contributed by atoms with van der Waals surface area (Å²) >= 11 is 0. The predicted molar refractivity (Wildman–Crippen MR) is 139 cm³/mol. The summed E-state index contributed by atoms with van der Waals surface area (Å²) in [5.41, 5.74) is 6.07. The van der Waals surface area contributed by atoms with Crippen molar-refractivity contribution in [3.8, 4) is 17.2 Å². The highest BCUT2D eigenvalue weighted by molar-refractivity contribution is 6.05. The molecule has 1 amide bonds. The molecule has 0 saturated heterocycles. The van der Waals surface area contributed by atoms with Crippen LogP contribution in [0.5, 0.6) is 17.2 Å². The number of benzene rings is 3. The van der Waals surface area contributed by atoms with E-state index in [1.54, 1.807) is 44.5 Å². The van der Waals surface area contributed by atoms with Gasteiger partial charge < -0.3 is 14.2 Å². The number of aryl methyl sites for hydroxylation is 1. The Morgan fingerprint density at radius 3 is 2.14 bits per heavy atom. The van der Waals surface area contributed by atoms with Crippen LogP contribution in [0.4, 0.5) is 0 Å². The maximum Gasteiger partial charge on any atom is 0.274 e. The van der Waals surface area contributed by atoms with Crippen molar-refractivity contribution in [3.05, 3.63) is 94.6 Å². The first kappa shape index (κ1) is 24.1. The van der Waals surface area contributed by atoms with Crippen molar-refractivity contribution in [1.82, 2.24) is 5.01 Å². The Kier molecular flexibility index (Phi) is 6.92. The van der Waals surface area contributed by atoms with Gasteiger partial charge in [0.05, 0.1) is 33.1 Å². The van der Waals surface area contributed by atoms with Crippen molar-refractivity contribution >= 4 is 17.7 Å². The second kappa shape index (κ2) is 10.1. The summed E-state index contributed by atoms with van der Waals surface area (Å²) in [6.45, 7) is 7.78. The van der Waals surface area contributed by atoms with Gasteiger partial charge >= 0.3 is 0 Å². The fourth-order valence-electron chi connectivity index (χ4n) is 4.32. The standard InChI is InChI=1S/C29H30N2O4/c1-7-20-12-13-22(14-28(20)35-6)24-17-25(21-10-8-18(2)9-11-21)31(30-24)29(32)23-15-26(33-4)19(3)27(16-23)34-5/h7-16,25H,1,17H2,2-6H3. The molecular formula is C29H30N2O4. The number of amides is 1. The van der Waals surface area contributed by atoms with Crippen LogP contribution in [0.1, 0.15) is 50.6 Å². The highest BCUT2D eigenvalue weighted by Crippen LogP contribution is 2.37. The lowest BCUT2D eigenvalue weighted by molar-refractivity contribution is 0.0710. The number of carbonyl (C=O) groups is 1. The molecule has 35 heavy (non-hydrogen) atoms. The number of nitrogens with zero attached hydrogens (tertiary/aromatic N) is 2. The van der Waals surface area contributed by atoms with E-state index in [1.165, 1.54) is 0 Å². The molecule has 0 N–H and O–H groups in total. The molecule has 0 radical (unpaired) electrons. The molecule has 6 nitrogen and oxygen atoms in total. The van der Waals surface area contributed by atoms with E-state index in [0.29, 0.717) is 29.2 Å². The lowest BCUT2D eigenvalue weighted by Gasteiger charge is -2.23. The zero-order valence-corrected chi connectivity index (χ0v) is 20.8. The van der Waals surface area contributed by atoms with E-state index < -0.39 is 0 Å². The summed E-state index contributed by atoms with van der Waals surface area (Å²) in [5, 5.41) is 6.38. The third-order valence-electron chi connectivity index (χ3n) is 6.37. The topological polar surface area (TPSA) is 60.4 Å². The molecule has 0 bridgehead atoms. The zero-order chi connectivity index (χ0) is 25.1. The van der Waals surface area contributed by atoms with Crippen LogP contribution in [0.25, 0.3) is 6.08 Å². The van der Waals surface area contributed by atoms with Gasteiger partial charge in [0.25, 0.3) is 5.91 Å². The molecule has 0 spiro atoms. The lowest BCUT2D eigenvalue weighted by atomic mass is 9.96. The van der Waals surface area contributed by atoms with Crippen molar-refractivity contribution in [2.75, 3.05) is 21.3 Å². The maximum atomic E-state index is 13.8. The van der Waals surface area contributed by atoms with Gasteiger partial charge in [-0.25, -0.2) is 5.01 Å². The van der Waals surface area contributed by atoms with Crippen LogP contribution in [0.3, 0.4) is 0 Å². The largest absolute Gasteiger partial charge is 0.496 e. The summed E-state index contributed by atoms with van der Waals surface area (Å²) in [5.74, 6) is 1.67. The second-order valence-corrected chi connectivity index (χ2v) is 8.49. The molecule has 0 aliphatic carbocycles. The van der Waals surface area contributed by atoms with Gasteiger partial charge in [0, 0.05) is 28.7 Å². The molecule has 1 heterocycles. The van der Waals surface area contributed by atoms with Crippen LogP contribution in [0, 0.1) is 13.8 Å². The van der Waals surface area contributed by atoms with E-state index in [1.807, 2.05) is 32.0 Å². The molecule has 1 atom stereocenters. The molecule has 4 rings (SSSR count). The van der Waals surface area contributed by atoms with Gasteiger partial charge in [-0.05, 0) is 37.6 Å². The quantitative estimate of drug-likeness (QED) is 0.427. The first-order valence-electron chi connectivity index (χ1n) is 11.4. The molecule has 0 aromatic heterocycles. The number of methoxy groups -OCH3 is 3. The molecule has 1 aliphatic heterocycles. The minimum absolute atomic E-state index is 0.225. The van der Waals surface area contributed by atoms with E-state index in [4.69, 9.17) is 19.3 Å². The van der Waals surface area contributed by atoms with Crippen LogP contribution in [0.2, 0.25) is 0 Å².